The lowest BCUT2D eigenvalue weighted by Crippen LogP contribution is -2.08. The molecule has 2 rings (SSSR count). The molecule has 0 radical (unpaired) electrons. The first-order chi connectivity index (χ1) is 10.5. The SMILES string of the molecule is Cc1ccc(NC(=O)/C=C/c2ccc([N+](=O)[O-])cc2)c(Br)c1. The van der Waals surface area contributed by atoms with Gasteiger partial charge in [-0.25, -0.2) is 0 Å². The number of benzene rings is 2. The van der Waals surface area contributed by atoms with Gasteiger partial charge in [0.2, 0.25) is 5.91 Å². The third kappa shape index (κ3) is 4.26. The molecule has 0 spiro atoms. The third-order valence-corrected chi connectivity index (χ3v) is 3.57. The monoisotopic (exact) mass is 360 g/mol. The number of halogens is 1. The number of nitrogens with zero attached hydrogens (tertiary/aromatic N) is 1. The van der Waals surface area contributed by atoms with E-state index in [2.05, 4.69) is 21.2 Å². The number of non-ortho nitro benzene ring substituents is 1. The average molecular weight is 361 g/mol. The topological polar surface area (TPSA) is 72.2 Å². The Bertz CT molecular complexity index is 740. The van der Waals surface area contributed by atoms with Crippen LogP contribution in [0.4, 0.5) is 11.4 Å². The molecule has 0 saturated heterocycles. The molecule has 2 aromatic carbocycles. The molecule has 0 saturated carbocycles. The van der Waals surface area contributed by atoms with E-state index in [-0.39, 0.29) is 11.6 Å². The van der Waals surface area contributed by atoms with E-state index in [0.717, 1.165) is 10.0 Å². The van der Waals surface area contributed by atoms with E-state index in [1.165, 1.54) is 18.2 Å². The second kappa shape index (κ2) is 7.00. The quantitative estimate of drug-likeness (QED) is 0.501. The number of rotatable bonds is 4. The van der Waals surface area contributed by atoms with Gasteiger partial charge in [0.25, 0.3) is 5.69 Å². The lowest BCUT2D eigenvalue weighted by atomic mass is 10.2. The summed E-state index contributed by atoms with van der Waals surface area (Å²) in [6, 6.07) is 11.6. The van der Waals surface area contributed by atoms with Crippen LogP contribution in [0.5, 0.6) is 0 Å². The first-order valence-corrected chi connectivity index (χ1v) is 7.24. The number of amides is 1. The van der Waals surface area contributed by atoms with Crippen LogP contribution in [-0.2, 0) is 4.79 Å². The molecule has 0 aromatic heterocycles. The lowest BCUT2D eigenvalue weighted by Gasteiger charge is -2.05. The van der Waals surface area contributed by atoms with Crippen molar-refractivity contribution in [3.63, 3.8) is 0 Å². The maximum absolute atomic E-state index is 11.9. The van der Waals surface area contributed by atoms with E-state index in [9.17, 15) is 14.9 Å². The van der Waals surface area contributed by atoms with E-state index in [0.29, 0.717) is 11.3 Å². The van der Waals surface area contributed by atoms with Crippen molar-refractivity contribution < 1.29 is 9.72 Å². The van der Waals surface area contributed by atoms with Gasteiger partial charge >= 0.3 is 0 Å². The maximum Gasteiger partial charge on any atom is 0.269 e. The molecule has 0 bridgehead atoms. The Morgan fingerprint density at radius 1 is 1.23 bits per heavy atom. The fraction of sp³-hybridized carbons (Fsp3) is 0.0625. The molecule has 0 aliphatic carbocycles. The van der Waals surface area contributed by atoms with Crippen LogP contribution in [0, 0.1) is 17.0 Å². The summed E-state index contributed by atoms with van der Waals surface area (Å²) in [4.78, 5) is 22.0. The number of carbonyl (C=O) groups is 1. The van der Waals surface area contributed by atoms with Crippen molar-refractivity contribution in [2.75, 3.05) is 5.32 Å². The maximum atomic E-state index is 11.9. The van der Waals surface area contributed by atoms with Gasteiger partial charge in [0.15, 0.2) is 0 Å². The van der Waals surface area contributed by atoms with Gasteiger partial charge in [-0.05, 0) is 64.3 Å². The largest absolute Gasteiger partial charge is 0.321 e. The van der Waals surface area contributed by atoms with Crippen LogP contribution in [0.3, 0.4) is 0 Å². The number of nitro benzene ring substituents is 1. The van der Waals surface area contributed by atoms with Crippen LogP contribution in [0.15, 0.2) is 53.0 Å². The minimum absolute atomic E-state index is 0.0187. The number of hydrogen-bond donors (Lipinski definition) is 1. The van der Waals surface area contributed by atoms with Crippen molar-refractivity contribution in [2.24, 2.45) is 0 Å². The summed E-state index contributed by atoms with van der Waals surface area (Å²) < 4.78 is 0.810. The summed E-state index contributed by atoms with van der Waals surface area (Å²) in [5.74, 6) is -0.275. The second-order valence-corrected chi connectivity index (χ2v) is 5.51. The number of nitro groups is 1. The van der Waals surface area contributed by atoms with Crippen LogP contribution in [0.1, 0.15) is 11.1 Å². The van der Waals surface area contributed by atoms with Crippen LogP contribution in [-0.4, -0.2) is 10.8 Å². The van der Waals surface area contributed by atoms with Crippen molar-refractivity contribution in [1.82, 2.24) is 0 Å². The molecule has 0 unspecified atom stereocenters. The molecule has 0 fully saturated rings. The summed E-state index contributed by atoms with van der Waals surface area (Å²) in [5.41, 5.74) is 2.50. The molecule has 6 heteroatoms. The van der Waals surface area contributed by atoms with Crippen LogP contribution in [0.25, 0.3) is 6.08 Å². The van der Waals surface area contributed by atoms with E-state index < -0.39 is 4.92 Å². The van der Waals surface area contributed by atoms with Crippen molar-refractivity contribution in [1.29, 1.82) is 0 Å². The van der Waals surface area contributed by atoms with Gasteiger partial charge in [0.1, 0.15) is 0 Å². The first kappa shape index (κ1) is 15.9. The summed E-state index contributed by atoms with van der Waals surface area (Å²) in [6.07, 6.45) is 2.98. The second-order valence-electron chi connectivity index (χ2n) is 4.65. The molecule has 0 aliphatic heterocycles. The molecule has 0 atom stereocenters. The lowest BCUT2D eigenvalue weighted by molar-refractivity contribution is -0.384. The van der Waals surface area contributed by atoms with Crippen molar-refractivity contribution >= 4 is 39.3 Å². The highest BCUT2D eigenvalue weighted by atomic mass is 79.9. The van der Waals surface area contributed by atoms with Crippen molar-refractivity contribution in [3.8, 4) is 0 Å². The Hall–Kier alpha value is -2.47. The highest BCUT2D eigenvalue weighted by Gasteiger charge is 2.04. The van der Waals surface area contributed by atoms with Crippen LogP contribution in [0.2, 0.25) is 0 Å². The molecule has 5 nitrogen and oxygen atoms in total. The predicted octanol–water partition coefficient (Wildman–Crippen LogP) is 4.32. The molecule has 1 N–H and O–H groups in total. The molecule has 0 heterocycles. The van der Waals surface area contributed by atoms with Gasteiger partial charge < -0.3 is 5.32 Å². The Morgan fingerprint density at radius 2 is 1.91 bits per heavy atom. The Morgan fingerprint density at radius 3 is 2.50 bits per heavy atom. The minimum atomic E-state index is -0.463. The number of hydrogen-bond acceptors (Lipinski definition) is 3. The van der Waals surface area contributed by atoms with Gasteiger partial charge in [-0.15, -0.1) is 0 Å². The van der Waals surface area contributed by atoms with Crippen LogP contribution >= 0.6 is 15.9 Å². The van der Waals surface area contributed by atoms with Crippen LogP contribution < -0.4 is 5.32 Å². The fourth-order valence-corrected chi connectivity index (χ4v) is 2.37. The van der Waals surface area contributed by atoms with E-state index in [1.807, 2.05) is 25.1 Å². The van der Waals surface area contributed by atoms with E-state index >= 15 is 0 Å². The zero-order valence-electron chi connectivity index (χ0n) is 11.7. The number of carbonyl (C=O) groups excluding carboxylic acids is 1. The zero-order chi connectivity index (χ0) is 16.1. The van der Waals surface area contributed by atoms with E-state index in [1.54, 1.807) is 18.2 Å². The van der Waals surface area contributed by atoms with Gasteiger partial charge in [0.05, 0.1) is 10.6 Å². The summed E-state index contributed by atoms with van der Waals surface area (Å²) in [5, 5.41) is 13.3. The molecule has 1 amide bonds. The van der Waals surface area contributed by atoms with Gasteiger partial charge in [-0.3, -0.25) is 14.9 Å². The number of aryl methyl sites for hydroxylation is 1. The Labute approximate surface area is 135 Å². The zero-order valence-corrected chi connectivity index (χ0v) is 13.3. The molecule has 2 aromatic rings. The van der Waals surface area contributed by atoms with E-state index in [4.69, 9.17) is 0 Å². The number of anilines is 1. The molecular formula is C16H13BrN2O3. The standard InChI is InChI=1S/C16H13BrN2O3/c1-11-2-8-15(14(17)10-11)18-16(20)9-5-12-3-6-13(7-4-12)19(21)22/h2-10H,1H3,(H,18,20)/b9-5+. The number of nitrogens with one attached hydrogen (secondary N) is 1. The molecule has 22 heavy (non-hydrogen) atoms. The first-order valence-electron chi connectivity index (χ1n) is 6.45. The summed E-state index contributed by atoms with van der Waals surface area (Å²) in [6.45, 7) is 1.96. The normalized spacial score (nSPS) is 10.6. The van der Waals surface area contributed by atoms with Gasteiger partial charge in [0, 0.05) is 22.7 Å². The smallest absolute Gasteiger partial charge is 0.269 e. The molecular weight excluding hydrogens is 348 g/mol. The van der Waals surface area contributed by atoms with Gasteiger partial charge in [-0.1, -0.05) is 6.07 Å². The molecule has 0 aliphatic rings. The van der Waals surface area contributed by atoms with Crippen molar-refractivity contribution in [2.45, 2.75) is 6.92 Å². The summed E-state index contributed by atoms with van der Waals surface area (Å²) in [7, 11) is 0. The minimum Gasteiger partial charge on any atom is -0.321 e. The Balaban J connectivity index is 2.03. The fourth-order valence-electron chi connectivity index (χ4n) is 1.77. The highest BCUT2D eigenvalue weighted by molar-refractivity contribution is 9.10. The Kier molecular flexibility index (Phi) is 5.06. The predicted molar refractivity (Wildman–Crippen MR) is 89.6 cm³/mol. The van der Waals surface area contributed by atoms with Gasteiger partial charge in [-0.2, -0.15) is 0 Å². The average Bonchev–Trinajstić information content (AvgIpc) is 2.48. The highest BCUT2D eigenvalue weighted by Crippen LogP contribution is 2.23. The summed E-state index contributed by atoms with van der Waals surface area (Å²) >= 11 is 3.39. The molecule has 112 valence electrons. The third-order valence-electron chi connectivity index (χ3n) is 2.91. The van der Waals surface area contributed by atoms with Crippen molar-refractivity contribution in [3.05, 3.63) is 74.3 Å².